The molecule has 2 aromatic carbocycles. The summed E-state index contributed by atoms with van der Waals surface area (Å²) in [5.74, 6) is 1.04. The Morgan fingerprint density at radius 2 is 1.96 bits per heavy atom. The van der Waals surface area contributed by atoms with Crippen LogP contribution in [0.2, 0.25) is 0 Å². The summed E-state index contributed by atoms with van der Waals surface area (Å²) in [5.41, 5.74) is 4.88. The van der Waals surface area contributed by atoms with E-state index in [9.17, 15) is 4.79 Å². The maximum Gasteiger partial charge on any atom is 0.222 e. The number of aliphatic imine (C=N–C) groups is 1. The molecule has 0 radical (unpaired) electrons. The van der Waals surface area contributed by atoms with Gasteiger partial charge in [-0.1, -0.05) is 48.5 Å². The van der Waals surface area contributed by atoms with Crippen LogP contribution in [-0.4, -0.2) is 30.4 Å². The van der Waals surface area contributed by atoms with E-state index < -0.39 is 0 Å². The van der Waals surface area contributed by atoms with Crippen molar-refractivity contribution in [3.05, 3.63) is 70.8 Å². The van der Waals surface area contributed by atoms with Crippen LogP contribution in [0.15, 0.2) is 53.5 Å². The Kier molecular flexibility index (Phi) is 6.69. The molecule has 1 aliphatic rings. The third-order valence-corrected chi connectivity index (χ3v) is 5.23. The molecule has 0 aliphatic carbocycles. The second-order valence-electron chi connectivity index (χ2n) is 7.39. The minimum absolute atomic E-state index is 0.167. The molecule has 5 heteroatoms. The average Bonchev–Trinajstić information content (AvgIpc) is 3.10. The van der Waals surface area contributed by atoms with Crippen molar-refractivity contribution in [2.45, 2.75) is 45.8 Å². The molecule has 0 bridgehead atoms. The molecule has 1 unspecified atom stereocenters. The molecule has 2 N–H and O–H groups in total. The van der Waals surface area contributed by atoms with Crippen molar-refractivity contribution in [2.75, 3.05) is 13.6 Å². The van der Waals surface area contributed by atoms with Crippen molar-refractivity contribution < 1.29 is 4.79 Å². The number of carbonyl (C=O) groups is 1. The fourth-order valence-corrected chi connectivity index (χ4v) is 3.67. The number of rotatable bonds is 6. The number of likely N-dealkylation sites (tertiary alicyclic amines) is 1. The van der Waals surface area contributed by atoms with Gasteiger partial charge >= 0.3 is 0 Å². The molecule has 5 nitrogen and oxygen atoms in total. The van der Waals surface area contributed by atoms with E-state index in [4.69, 9.17) is 0 Å². The third-order valence-electron chi connectivity index (χ3n) is 5.23. The summed E-state index contributed by atoms with van der Waals surface area (Å²) >= 11 is 0. The summed E-state index contributed by atoms with van der Waals surface area (Å²) < 4.78 is 0. The summed E-state index contributed by atoms with van der Waals surface area (Å²) in [7, 11) is 1.79. The quantitative estimate of drug-likeness (QED) is 0.597. The average molecular weight is 379 g/mol. The van der Waals surface area contributed by atoms with E-state index >= 15 is 0 Å². The van der Waals surface area contributed by atoms with Gasteiger partial charge in [-0.3, -0.25) is 9.79 Å². The van der Waals surface area contributed by atoms with Gasteiger partial charge in [-0.05, 0) is 42.5 Å². The molecule has 1 saturated heterocycles. The first-order valence-corrected chi connectivity index (χ1v) is 9.95. The maximum atomic E-state index is 11.9. The lowest BCUT2D eigenvalue weighted by atomic mass is 10.0. The summed E-state index contributed by atoms with van der Waals surface area (Å²) in [4.78, 5) is 18.1. The second-order valence-corrected chi connectivity index (χ2v) is 7.39. The van der Waals surface area contributed by atoms with Crippen molar-refractivity contribution >= 4 is 11.9 Å². The Morgan fingerprint density at radius 3 is 2.68 bits per heavy atom. The first-order valence-electron chi connectivity index (χ1n) is 9.95. The number of nitrogens with zero attached hydrogens (tertiary/aromatic N) is 2. The zero-order chi connectivity index (χ0) is 19.9. The minimum Gasteiger partial charge on any atom is -0.352 e. The lowest BCUT2D eigenvalue weighted by Gasteiger charge is -2.20. The highest BCUT2D eigenvalue weighted by Crippen LogP contribution is 2.17. The van der Waals surface area contributed by atoms with Crippen LogP contribution in [0.1, 0.15) is 48.1 Å². The Hall–Kier alpha value is -2.82. The van der Waals surface area contributed by atoms with Crippen LogP contribution >= 0.6 is 0 Å². The van der Waals surface area contributed by atoms with Crippen LogP contribution in [0.5, 0.6) is 0 Å². The van der Waals surface area contributed by atoms with Crippen LogP contribution in [0.25, 0.3) is 0 Å². The molecule has 1 fully saturated rings. The molecule has 0 spiro atoms. The highest BCUT2D eigenvalue weighted by Gasteiger charge is 2.20. The number of hydrogen-bond donors (Lipinski definition) is 2. The SMILES string of the molecule is CN=C(NCc1cccc(CN2CCCC2=O)c1)NC(C)c1ccccc1C. The molecule has 1 atom stereocenters. The Morgan fingerprint density at radius 1 is 1.18 bits per heavy atom. The van der Waals surface area contributed by atoms with Gasteiger partial charge in [0, 0.05) is 33.1 Å². The number of aryl methyl sites for hydroxylation is 1. The predicted octanol–water partition coefficient (Wildman–Crippen LogP) is 3.54. The van der Waals surface area contributed by atoms with E-state index in [1.165, 1.54) is 22.3 Å². The number of nitrogens with one attached hydrogen (secondary N) is 2. The molecular weight excluding hydrogens is 348 g/mol. The molecular formula is C23H30N4O. The first-order chi connectivity index (χ1) is 13.6. The van der Waals surface area contributed by atoms with Gasteiger partial charge in [0.15, 0.2) is 5.96 Å². The zero-order valence-electron chi connectivity index (χ0n) is 17.0. The van der Waals surface area contributed by atoms with E-state index in [1.807, 2.05) is 4.90 Å². The van der Waals surface area contributed by atoms with Crippen LogP contribution in [0.4, 0.5) is 0 Å². The van der Waals surface area contributed by atoms with Gasteiger partial charge in [0.2, 0.25) is 5.91 Å². The lowest BCUT2D eigenvalue weighted by Crippen LogP contribution is -2.38. The van der Waals surface area contributed by atoms with Crippen molar-refractivity contribution in [3.8, 4) is 0 Å². The maximum absolute atomic E-state index is 11.9. The zero-order valence-corrected chi connectivity index (χ0v) is 17.0. The summed E-state index contributed by atoms with van der Waals surface area (Å²) in [6.07, 6.45) is 1.66. The van der Waals surface area contributed by atoms with Crippen LogP contribution in [0, 0.1) is 6.92 Å². The van der Waals surface area contributed by atoms with E-state index in [0.29, 0.717) is 19.5 Å². The second kappa shape index (κ2) is 9.40. The molecule has 28 heavy (non-hydrogen) atoms. The molecule has 0 saturated carbocycles. The van der Waals surface area contributed by atoms with Crippen molar-refractivity contribution in [1.82, 2.24) is 15.5 Å². The number of amides is 1. The fraction of sp³-hybridized carbons (Fsp3) is 0.391. The van der Waals surface area contributed by atoms with E-state index in [1.54, 1.807) is 7.05 Å². The lowest BCUT2D eigenvalue weighted by molar-refractivity contribution is -0.128. The van der Waals surface area contributed by atoms with Gasteiger partial charge in [0.1, 0.15) is 0 Å². The molecule has 1 heterocycles. The summed E-state index contributed by atoms with van der Waals surface area (Å²) in [5, 5.41) is 6.85. The molecule has 0 aromatic heterocycles. The Bertz CT molecular complexity index is 846. The minimum atomic E-state index is 0.167. The number of benzene rings is 2. The normalized spacial score (nSPS) is 15.6. The number of guanidine groups is 1. The molecule has 2 aromatic rings. The van der Waals surface area contributed by atoms with Crippen molar-refractivity contribution in [2.24, 2.45) is 4.99 Å². The van der Waals surface area contributed by atoms with Crippen molar-refractivity contribution in [1.29, 1.82) is 0 Å². The largest absolute Gasteiger partial charge is 0.352 e. The Labute approximate surface area is 167 Å². The predicted molar refractivity (Wildman–Crippen MR) is 114 cm³/mol. The van der Waals surface area contributed by atoms with Gasteiger partial charge in [0.25, 0.3) is 0 Å². The van der Waals surface area contributed by atoms with Crippen LogP contribution in [0.3, 0.4) is 0 Å². The van der Waals surface area contributed by atoms with Gasteiger partial charge in [0.05, 0.1) is 6.04 Å². The number of carbonyl (C=O) groups excluding carboxylic acids is 1. The smallest absolute Gasteiger partial charge is 0.222 e. The topological polar surface area (TPSA) is 56.7 Å². The van der Waals surface area contributed by atoms with Crippen molar-refractivity contribution in [3.63, 3.8) is 0 Å². The van der Waals surface area contributed by atoms with Gasteiger partial charge in [-0.25, -0.2) is 0 Å². The number of hydrogen-bond acceptors (Lipinski definition) is 2. The van der Waals surface area contributed by atoms with Gasteiger partial charge < -0.3 is 15.5 Å². The Balaban J connectivity index is 1.57. The van der Waals surface area contributed by atoms with Gasteiger partial charge in [-0.2, -0.15) is 0 Å². The molecule has 1 amide bonds. The highest BCUT2D eigenvalue weighted by atomic mass is 16.2. The van der Waals surface area contributed by atoms with E-state index in [2.05, 4.69) is 78.0 Å². The van der Waals surface area contributed by atoms with E-state index in [0.717, 1.165) is 18.9 Å². The monoisotopic (exact) mass is 378 g/mol. The highest BCUT2D eigenvalue weighted by molar-refractivity contribution is 5.80. The summed E-state index contributed by atoms with van der Waals surface area (Å²) in [6.45, 7) is 6.52. The van der Waals surface area contributed by atoms with E-state index in [-0.39, 0.29) is 11.9 Å². The van der Waals surface area contributed by atoms with Crippen LogP contribution in [-0.2, 0) is 17.9 Å². The molecule has 148 valence electrons. The summed E-state index contributed by atoms with van der Waals surface area (Å²) in [6, 6.07) is 17.0. The van der Waals surface area contributed by atoms with Crippen LogP contribution < -0.4 is 10.6 Å². The first kappa shape index (κ1) is 19.9. The third kappa shape index (κ3) is 5.12. The molecule has 1 aliphatic heterocycles. The van der Waals surface area contributed by atoms with Gasteiger partial charge in [-0.15, -0.1) is 0 Å². The standard InChI is InChI=1S/C23H30N4O/c1-17-8-4-5-11-21(17)18(2)26-23(24-3)25-15-19-9-6-10-20(14-19)16-27-13-7-12-22(27)28/h4-6,8-11,14,18H,7,12-13,15-16H2,1-3H3,(H2,24,25,26). The molecule has 3 rings (SSSR count). The fourth-order valence-electron chi connectivity index (χ4n) is 3.67.